The van der Waals surface area contributed by atoms with Crippen LogP contribution in [0.3, 0.4) is 0 Å². The van der Waals surface area contributed by atoms with Crippen molar-refractivity contribution in [2.45, 2.75) is 19.8 Å². The highest BCUT2D eigenvalue weighted by molar-refractivity contribution is 6.32. The quantitative estimate of drug-likeness (QED) is 0.784. The van der Waals surface area contributed by atoms with Gasteiger partial charge in [0.15, 0.2) is 0 Å². The summed E-state index contributed by atoms with van der Waals surface area (Å²) in [5.74, 6) is 1.28. The average Bonchev–Trinajstić information content (AvgIpc) is 2.20. The molecule has 0 unspecified atom stereocenters. The Morgan fingerprint density at radius 2 is 2.00 bits per heavy atom. The van der Waals surface area contributed by atoms with Gasteiger partial charge in [-0.3, -0.25) is 0 Å². The van der Waals surface area contributed by atoms with E-state index in [9.17, 15) is 0 Å². The molecule has 0 amide bonds. The van der Waals surface area contributed by atoms with Crippen molar-refractivity contribution in [1.29, 1.82) is 0 Å². The standard InChI is InChI=1S/C13H20ClNO/c1-10(2)11-5-6-12(14)13(9-11)16-8-7-15(3)4/h5-6,9-10H,7-8H2,1-4H3. The van der Waals surface area contributed by atoms with Crippen molar-refractivity contribution in [3.63, 3.8) is 0 Å². The van der Waals surface area contributed by atoms with Gasteiger partial charge >= 0.3 is 0 Å². The second-order valence-corrected chi connectivity index (χ2v) is 4.90. The molecule has 0 aliphatic heterocycles. The van der Waals surface area contributed by atoms with Crippen LogP contribution in [0.2, 0.25) is 5.02 Å². The smallest absolute Gasteiger partial charge is 0.138 e. The van der Waals surface area contributed by atoms with E-state index in [-0.39, 0.29) is 0 Å². The van der Waals surface area contributed by atoms with Crippen molar-refractivity contribution < 1.29 is 4.74 Å². The van der Waals surface area contributed by atoms with Crippen LogP contribution in [0.1, 0.15) is 25.3 Å². The van der Waals surface area contributed by atoms with Crippen LogP contribution in [0.5, 0.6) is 5.75 Å². The van der Waals surface area contributed by atoms with Crippen LogP contribution in [0.4, 0.5) is 0 Å². The summed E-state index contributed by atoms with van der Waals surface area (Å²) in [4.78, 5) is 2.08. The Balaban J connectivity index is 2.67. The minimum absolute atomic E-state index is 0.494. The van der Waals surface area contributed by atoms with Gasteiger partial charge in [0.2, 0.25) is 0 Å². The number of nitrogens with zero attached hydrogens (tertiary/aromatic N) is 1. The minimum Gasteiger partial charge on any atom is -0.491 e. The highest BCUT2D eigenvalue weighted by Crippen LogP contribution is 2.28. The lowest BCUT2D eigenvalue weighted by atomic mass is 10.0. The van der Waals surface area contributed by atoms with Gasteiger partial charge < -0.3 is 9.64 Å². The zero-order valence-electron chi connectivity index (χ0n) is 10.5. The van der Waals surface area contributed by atoms with Crippen molar-refractivity contribution in [2.24, 2.45) is 0 Å². The molecule has 3 heteroatoms. The molecule has 1 aromatic carbocycles. The monoisotopic (exact) mass is 241 g/mol. The Bertz CT molecular complexity index is 337. The molecule has 0 atom stereocenters. The Morgan fingerprint density at radius 1 is 1.31 bits per heavy atom. The van der Waals surface area contributed by atoms with Gasteiger partial charge in [0.25, 0.3) is 0 Å². The summed E-state index contributed by atoms with van der Waals surface area (Å²) in [5.41, 5.74) is 1.25. The van der Waals surface area contributed by atoms with Crippen molar-refractivity contribution in [2.75, 3.05) is 27.2 Å². The number of benzene rings is 1. The molecular formula is C13H20ClNO. The Labute approximate surface area is 103 Å². The van der Waals surface area contributed by atoms with Crippen LogP contribution in [0, 0.1) is 0 Å². The second kappa shape index (κ2) is 6.12. The minimum atomic E-state index is 0.494. The molecule has 0 saturated carbocycles. The zero-order chi connectivity index (χ0) is 12.1. The van der Waals surface area contributed by atoms with Crippen molar-refractivity contribution in [3.8, 4) is 5.75 Å². The van der Waals surface area contributed by atoms with E-state index >= 15 is 0 Å². The molecule has 0 N–H and O–H groups in total. The third-order valence-corrected chi connectivity index (χ3v) is 2.73. The summed E-state index contributed by atoms with van der Waals surface area (Å²) < 4.78 is 5.66. The molecule has 1 aromatic rings. The molecule has 0 aliphatic carbocycles. The molecule has 0 radical (unpaired) electrons. The third kappa shape index (κ3) is 4.03. The van der Waals surface area contributed by atoms with E-state index in [4.69, 9.17) is 16.3 Å². The van der Waals surface area contributed by atoms with E-state index in [1.165, 1.54) is 5.56 Å². The van der Waals surface area contributed by atoms with Gasteiger partial charge in [-0.25, -0.2) is 0 Å². The van der Waals surface area contributed by atoms with Crippen molar-refractivity contribution in [1.82, 2.24) is 4.90 Å². The first-order chi connectivity index (χ1) is 7.50. The van der Waals surface area contributed by atoms with Crippen LogP contribution in [0.25, 0.3) is 0 Å². The Hall–Kier alpha value is -0.730. The van der Waals surface area contributed by atoms with E-state index in [0.717, 1.165) is 12.3 Å². The fraction of sp³-hybridized carbons (Fsp3) is 0.538. The maximum Gasteiger partial charge on any atom is 0.138 e. The van der Waals surface area contributed by atoms with Crippen LogP contribution in [-0.2, 0) is 0 Å². The molecule has 2 nitrogen and oxygen atoms in total. The van der Waals surface area contributed by atoms with Gasteiger partial charge in [-0.15, -0.1) is 0 Å². The normalized spacial score (nSPS) is 11.2. The van der Waals surface area contributed by atoms with E-state index in [0.29, 0.717) is 17.5 Å². The van der Waals surface area contributed by atoms with Gasteiger partial charge in [0.1, 0.15) is 12.4 Å². The number of halogens is 1. The lowest BCUT2D eigenvalue weighted by molar-refractivity contribution is 0.261. The molecule has 0 heterocycles. The lowest BCUT2D eigenvalue weighted by Crippen LogP contribution is -2.19. The fourth-order valence-corrected chi connectivity index (χ4v) is 1.50. The third-order valence-electron chi connectivity index (χ3n) is 2.42. The van der Waals surface area contributed by atoms with Crippen molar-refractivity contribution >= 4 is 11.6 Å². The summed E-state index contributed by atoms with van der Waals surface area (Å²) in [5, 5.41) is 0.683. The van der Waals surface area contributed by atoms with Crippen LogP contribution in [-0.4, -0.2) is 32.1 Å². The summed E-state index contributed by atoms with van der Waals surface area (Å²) in [7, 11) is 4.05. The second-order valence-electron chi connectivity index (χ2n) is 4.50. The first-order valence-corrected chi connectivity index (χ1v) is 5.95. The predicted octanol–water partition coefficient (Wildman–Crippen LogP) is 3.40. The number of hydrogen-bond acceptors (Lipinski definition) is 2. The summed E-state index contributed by atoms with van der Waals surface area (Å²) in [6.07, 6.45) is 0. The molecular weight excluding hydrogens is 222 g/mol. The number of rotatable bonds is 5. The van der Waals surface area contributed by atoms with E-state index in [2.05, 4.69) is 18.7 Å². The molecule has 16 heavy (non-hydrogen) atoms. The van der Waals surface area contributed by atoms with E-state index < -0.39 is 0 Å². The van der Waals surface area contributed by atoms with Crippen LogP contribution in [0.15, 0.2) is 18.2 Å². The molecule has 0 bridgehead atoms. The first kappa shape index (κ1) is 13.3. The maximum atomic E-state index is 6.08. The fourth-order valence-electron chi connectivity index (χ4n) is 1.33. The van der Waals surface area contributed by atoms with Gasteiger partial charge in [-0.2, -0.15) is 0 Å². The largest absolute Gasteiger partial charge is 0.491 e. The first-order valence-electron chi connectivity index (χ1n) is 5.57. The van der Waals surface area contributed by atoms with Gasteiger partial charge in [-0.1, -0.05) is 31.5 Å². The van der Waals surface area contributed by atoms with Crippen LogP contribution >= 0.6 is 11.6 Å². The Kier molecular flexibility index (Phi) is 5.10. The van der Waals surface area contributed by atoms with Crippen molar-refractivity contribution in [3.05, 3.63) is 28.8 Å². The molecule has 90 valence electrons. The SMILES string of the molecule is CC(C)c1ccc(Cl)c(OCCN(C)C)c1. The van der Waals surface area contributed by atoms with Crippen LogP contribution < -0.4 is 4.74 Å². The summed E-state index contributed by atoms with van der Waals surface area (Å²) in [6.45, 7) is 5.87. The lowest BCUT2D eigenvalue weighted by Gasteiger charge is -2.14. The molecule has 0 saturated heterocycles. The number of ether oxygens (including phenoxy) is 1. The zero-order valence-corrected chi connectivity index (χ0v) is 11.2. The number of likely N-dealkylation sites (N-methyl/N-ethyl adjacent to an activating group) is 1. The molecule has 0 aromatic heterocycles. The van der Waals surface area contributed by atoms with Gasteiger partial charge in [0.05, 0.1) is 5.02 Å². The highest BCUT2D eigenvalue weighted by atomic mass is 35.5. The molecule has 0 spiro atoms. The Morgan fingerprint density at radius 3 is 2.56 bits per heavy atom. The van der Waals surface area contributed by atoms with Gasteiger partial charge in [0, 0.05) is 6.54 Å². The molecule has 0 fully saturated rings. The predicted molar refractivity (Wildman–Crippen MR) is 69.6 cm³/mol. The maximum absolute atomic E-state index is 6.08. The molecule has 1 rings (SSSR count). The molecule has 0 aliphatic rings. The average molecular weight is 242 g/mol. The number of hydrogen-bond donors (Lipinski definition) is 0. The van der Waals surface area contributed by atoms with E-state index in [1.54, 1.807) is 0 Å². The summed E-state index contributed by atoms with van der Waals surface area (Å²) >= 11 is 6.08. The highest BCUT2D eigenvalue weighted by Gasteiger charge is 2.06. The van der Waals surface area contributed by atoms with E-state index in [1.807, 2.05) is 32.3 Å². The topological polar surface area (TPSA) is 12.5 Å². The summed E-state index contributed by atoms with van der Waals surface area (Å²) in [6, 6.07) is 5.98. The van der Waals surface area contributed by atoms with Gasteiger partial charge in [-0.05, 0) is 37.7 Å².